The standard InChI is InChI=1S/C14H20BNO4/c1-13(2)14(3,4)20-15(19-13)10-6-7-16-11(8-10)9-12(17)18-5/h6-8H,9H2,1-5H3. The maximum absolute atomic E-state index is 11.3. The van der Waals surface area contributed by atoms with Gasteiger partial charge in [-0.05, 0) is 45.3 Å². The Kier molecular flexibility index (Phi) is 3.89. The molecule has 0 aromatic carbocycles. The molecule has 1 aliphatic heterocycles. The van der Waals surface area contributed by atoms with Crippen LogP contribution in [0.5, 0.6) is 0 Å². The first-order valence-corrected chi connectivity index (χ1v) is 6.62. The molecule has 0 atom stereocenters. The van der Waals surface area contributed by atoms with Crippen LogP contribution in [0.1, 0.15) is 33.4 Å². The fraction of sp³-hybridized carbons (Fsp3) is 0.571. The molecule has 5 nitrogen and oxygen atoms in total. The second kappa shape index (κ2) is 5.18. The predicted octanol–water partition coefficient (Wildman–Crippen LogP) is 1.10. The van der Waals surface area contributed by atoms with E-state index in [0.29, 0.717) is 5.69 Å². The molecule has 0 bridgehead atoms. The lowest BCUT2D eigenvalue weighted by atomic mass is 9.79. The number of ether oxygens (including phenoxy) is 1. The molecule has 0 aliphatic carbocycles. The molecule has 1 aromatic rings. The van der Waals surface area contributed by atoms with Crippen LogP contribution >= 0.6 is 0 Å². The topological polar surface area (TPSA) is 57.7 Å². The number of nitrogens with zero attached hydrogens (tertiary/aromatic N) is 1. The van der Waals surface area contributed by atoms with Gasteiger partial charge in [0.2, 0.25) is 0 Å². The van der Waals surface area contributed by atoms with Gasteiger partial charge in [-0.2, -0.15) is 0 Å². The van der Waals surface area contributed by atoms with Crippen molar-refractivity contribution in [3.05, 3.63) is 24.0 Å². The van der Waals surface area contributed by atoms with Gasteiger partial charge in [-0.3, -0.25) is 9.78 Å². The zero-order chi connectivity index (χ0) is 15.0. The van der Waals surface area contributed by atoms with E-state index in [2.05, 4.69) is 9.72 Å². The van der Waals surface area contributed by atoms with E-state index in [9.17, 15) is 4.79 Å². The average Bonchev–Trinajstić information content (AvgIpc) is 2.59. The second-order valence-corrected chi connectivity index (χ2v) is 5.92. The van der Waals surface area contributed by atoms with Gasteiger partial charge in [-0.1, -0.05) is 0 Å². The maximum atomic E-state index is 11.3. The summed E-state index contributed by atoms with van der Waals surface area (Å²) in [5.74, 6) is -0.316. The van der Waals surface area contributed by atoms with Gasteiger partial charge in [0.05, 0.1) is 30.4 Å². The highest BCUT2D eigenvalue weighted by atomic mass is 16.7. The molecule has 0 radical (unpaired) electrons. The minimum Gasteiger partial charge on any atom is -0.469 e. The predicted molar refractivity (Wildman–Crippen MR) is 75.7 cm³/mol. The number of hydrogen-bond donors (Lipinski definition) is 0. The van der Waals surface area contributed by atoms with Crippen LogP contribution in [0.25, 0.3) is 0 Å². The van der Waals surface area contributed by atoms with Crippen molar-refractivity contribution in [2.24, 2.45) is 0 Å². The van der Waals surface area contributed by atoms with Gasteiger partial charge in [0.1, 0.15) is 0 Å². The summed E-state index contributed by atoms with van der Waals surface area (Å²) in [7, 11) is 0.917. The largest absolute Gasteiger partial charge is 0.494 e. The molecule has 0 spiro atoms. The molecule has 2 heterocycles. The Labute approximate surface area is 119 Å². The number of rotatable bonds is 3. The number of esters is 1. The van der Waals surface area contributed by atoms with Crippen LogP contribution in [-0.2, 0) is 25.3 Å². The van der Waals surface area contributed by atoms with Gasteiger partial charge >= 0.3 is 13.1 Å². The van der Waals surface area contributed by atoms with Crippen LogP contribution in [-0.4, -0.2) is 36.4 Å². The number of carbonyl (C=O) groups is 1. The third-order valence-electron chi connectivity index (χ3n) is 3.92. The summed E-state index contributed by atoms with van der Waals surface area (Å²) < 4.78 is 16.6. The summed E-state index contributed by atoms with van der Waals surface area (Å²) in [5, 5.41) is 0. The molecule has 0 N–H and O–H groups in total. The van der Waals surface area contributed by atoms with Crippen molar-refractivity contribution in [1.29, 1.82) is 0 Å². The Bertz CT molecular complexity index is 500. The van der Waals surface area contributed by atoms with Crippen molar-refractivity contribution in [2.45, 2.75) is 45.3 Å². The molecule has 0 unspecified atom stereocenters. The highest BCUT2D eigenvalue weighted by Crippen LogP contribution is 2.36. The van der Waals surface area contributed by atoms with Crippen molar-refractivity contribution >= 4 is 18.6 Å². The third-order valence-corrected chi connectivity index (χ3v) is 3.92. The lowest BCUT2D eigenvalue weighted by Crippen LogP contribution is -2.41. The molecule has 2 rings (SSSR count). The van der Waals surface area contributed by atoms with E-state index >= 15 is 0 Å². The summed E-state index contributed by atoms with van der Waals surface area (Å²) in [6.07, 6.45) is 1.79. The molecule has 1 aliphatic rings. The monoisotopic (exact) mass is 277 g/mol. The number of carbonyl (C=O) groups excluding carboxylic acids is 1. The lowest BCUT2D eigenvalue weighted by molar-refractivity contribution is -0.139. The number of methoxy groups -OCH3 is 1. The minimum atomic E-state index is -0.445. The first kappa shape index (κ1) is 15.0. The van der Waals surface area contributed by atoms with E-state index in [1.807, 2.05) is 39.8 Å². The van der Waals surface area contributed by atoms with Gasteiger partial charge in [0, 0.05) is 6.20 Å². The molecule has 1 saturated heterocycles. The molecular weight excluding hydrogens is 257 g/mol. The van der Waals surface area contributed by atoms with Gasteiger partial charge in [-0.25, -0.2) is 0 Å². The highest BCUT2D eigenvalue weighted by molar-refractivity contribution is 6.62. The van der Waals surface area contributed by atoms with Crippen LogP contribution in [0.2, 0.25) is 0 Å². The quantitative estimate of drug-likeness (QED) is 0.611. The van der Waals surface area contributed by atoms with Gasteiger partial charge in [-0.15, -0.1) is 0 Å². The molecular formula is C14H20BNO4. The molecule has 20 heavy (non-hydrogen) atoms. The van der Waals surface area contributed by atoms with E-state index in [-0.39, 0.29) is 23.6 Å². The van der Waals surface area contributed by atoms with Gasteiger partial charge < -0.3 is 14.0 Å². The first-order valence-electron chi connectivity index (χ1n) is 6.62. The summed E-state index contributed by atoms with van der Waals surface area (Å²) in [5.41, 5.74) is 0.731. The normalized spacial score (nSPS) is 19.9. The summed E-state index contributed by atoms with van der Waals surface area (Å²) >= 11 is 0. The van der Waals surface area contributed by atoms with E-state index in [4.69, 9.17) is 9.31 Å². The molecule has 0 saturated carbocycles. The Morgan fingerprint density at radius 3 is 2.45 bits per heavy atom. The average molecular weight is 277 g/mol. The number of aromatic nitrogens is 1. The Morgan fingerprint density at radius 1 is 1.30 bits per heavy atom. The SMILES string of the molecule is COC(=O)Cc1cc(B2OC(C)(C)C(C)(C)O2)ccn1. The van der Waals surface area contributed by atoms with E-state index in [1.165, 1.54) is 7.11 Å². The second-order valence-electron chi connectivity index (χ2n) is 5.92. The summed E-state index contributed by atoms with van der Waals surface area (Å²) in [4.78, 5) is 15.5. The highest BCUT2D eigenvalue weighted by Gasteiger charge is 2.51. The Hall–Kier alpha value is -1.40. The smallest absolute Gasteiger partial charge is 0.469 e. The Morgan fingerprint density at radius 2 is 1.90 bits per heavy atom. The Balaban J connectivity index is 2.19. The third kappa shape index (κ3) is 2.86. The number of hydrogen-bond acceptors (Lipinski definition) is 5. The zero-order valence-corrected chi connectivity index (χ0v) is 12.6. The first-order chi connectivity index (χ1) is 9.25. The molecule has 108 valence electrons. The van der Waals surface area contributed by atoms with Crippen molar-refractivity contribution in [1.82, 2.24) is 4.98 Å². The van der Waals surface area contributed by atoms with Crippen molar-refractivity contribution in [3.8, 4) is 0 Å². The van der Waals surface area contributed by atoms with E-state index in [0.717, 1.165) is 5.46 Å². The van der Waals surface area contributed by atoms with E-state index < -0.39 is 7.12 Å². The van der Waals surface area contributed by atoms with Crippen molar-refractivity contribution in [3.63, 3.8) is 0 Å². The van der Waals surface area contributed by atoms with Crippen molar-refractivity contribution in [2.75, 3.05) is 7.11 Å². The minimum absolute atomic E-state index is 0.143. The van der Waals surface area contributed by atoms with Gasteiger partial charge in [0.25, 0.3) is 0 Å². The summed E-state index contributed by atoms with van der Waals surface area (Å²) in [6.45, 7) is 8.01. The summed E-state index contributed by atoms with van der Waals surface area (Å²) in [6, 6.07) is 3.65. The zero-order valence-electron chi connectivity index (χ0n) is 12.6. The molecule has 1 fully saturated rings. The lowest BCUT2D eigenvalue weighted by Gasteiger charge is -2.32. The van der Waals surface area contributed by atoms with Crippen LogP contribution in [0.4, 0.5) is 0 Å². The van der Waals surface area contributed by atoms with Crippen molar-refractivity contribution < 1.29 is 18.8 Å². The van der Waals surface area contributed by atoms with Crippen LogP contribution in [0, 0.1) is 0 Å². The maximum Gasteiger partial charge on any atom is 0.494 e. The van der Waals surface area contributed by atoms with Crippen LogP contribution in [0.15, 0.2) is 18.3 Å². The molecule has 6 heteroatoms. The van der Waals surface area contributed by atoms with E-state index in [1.54, 1.807) is 6.20 Å². The molecule has 1 aromatic heterocycles. The van der Waals surface area contributed by atoms with Gasteiger partial charge in [0.15, 0.2) is 0 Å². The number of pyridine rings is 1. The van der Waals surface area contributed by atoms with Crippen LogP contribution < -0.4 is 5.46 Å². The fourth-order valence-electron chi connectivity index (χ4n) is 1.94. The molecule has 0 amide bonds. The fourth-order valence-corrected chi connectivity index (χ4v) is 1.94. The van der Waals surface area contributed by atoms with Crippen LogP contribution in [0.3, 0.4) is 0 Å².